The molecule has 0 spiro atoms. The van der Waals surface area contributed by atoms with Gasteiger partial charge in [0.2, 0.25) is 0 Å². The van der Waals surface area contributed by atoms with Gasteiger partial charge in [-0.25, -0.2) is 0 Å². The molecule has 20 heavy (non-hydrogen) atoms. The van der Waals surface area contributed by atoms with Crippen LogP contribution in [0, 0.1) is 5.41 Å². The molecular formula is C15H20BrNO3. The standard InChI is InChI=1S/C15H20BrNO3/c1-2-15(10-18)5-7-17(8-6-15)14(20)12-9-11(16)3-4-13(12)19/h3-4,9,18-19H,2,5-8,10H2,1H3. The van der Waals surface area contributed by atoms with Crippen molar-refractivity contribution in [3.8, 4) is 5.75 Å². The van der Waals surface area contributed by atoms with Crippen molar-refractivity contribution in [1.82, 2.24) is 4.90 Å². The van der Waals surface area contributed by atoms with Gasteiger partial charge in [-0.15, -0.1) is 0 Å². The second-order valence-electron chi connectivity index (χ2n) is 5.47. The third kappa shape index (κ3) is 2.99. The van der Waals surface area contributed by atoms with Gasteiger partial charge in [-0.05, 0) is 42.9 Å². The van der Waals surface area contributed by atoms with Crippen LogP contribution >= 0.6 is 15.9 Å². The summed E-state index contributed by atoms with van der Waals surface area (Å²) in [5.74, 6) is -0.140. The Morgan fingerprint density at radius 3 is 2.60 bits per heavy atom. The number of phenols is 1. The number of likely N-dealkylation sites (tertiary alicyclic amines) is 1. The Labute approximate surface area is 127 Å². The number of rotatable bonds is 3. The molecule has 0 unspecified atom stereocenters. The van der Waals surface area contributed by atoms with E-state index in [0.29, 0.717) is 18.7 Å². The predicted molar refractivity (Wildman–Crippen MR) is 80.8 cm³/mol. The summed E-state index contributed by atoms with van der Waals surface area (Å²) in [5, 5.41) is 19.3. The van der Waals surface area contributed by atoms with Crippen LogP contribution in [0.3, 0.4) is 0 Å². The van der Waals surface area contributed by atoms with E-state index < -0.39 is 0 Å². The van der Waals surface area contributed by atoms with Gasteiger partial charge >= 0.3 is 0 Å². The van der Waals surface area contributed by atoms with Gasteiger partial charge in [-0.3, -0.25) is 4.79 Å². The molecule has 0 bridgehead atoms. The summed E-state index contributed by atoms with van der Waals surface area (Å²) in [6.07, 6.45) is 2.54. The highest BCUT2D eigenvalue weighted by atomic mass is 79.9. The Balaban J connectivity index is 2.10. The molecular weight excluding hydrogens is 322 g/mol. The fraction of sp³-hybridized carbons (Fsp3) is 0.533. The van der Waals surface area contributed by atoms with E-state index in [-0.39, 0.29) is 23.7 Å². The number of hydrogen-bond donors (Lipinski definition) is 2. The van der Waals surface area contributed by atoms with E-state index in [1.54, 1.807) is 17.0 Å². The van der Waals surface area contributed by atoms with Gasteiger partial charge < -0.3 is 15.1 Å². The fourth-order valence-corrected chi connectivity index (χ4v) is 3.02. The van der Waals surface area contributed by atoms with Crippen LogP contribution in [-0.4, -0.2) is 40.7 Å². The average Bonchev–Trinajstić information content (AvgIpc) is 2.49. The van der Waals surface area contributed by atoms with Crippen LogP contribution in [-0.2, 0) is 0 Å². The molecule has 1 saturated heterocycles. The van der Waals surface area contributed by atoms with Crippen LogP contribution in [0.5, 0.6) is 5.75 Å². The van der Waals surface area contributed by atoms with E-state index >= 15 is 0 Å². The maximum absolute atomic E-state index is 12.4. The average molecular weight is 342 g/mol. The lowest BCUT2D eigenvalue weighted by molar-refractivity contribution is 0.0336. The lowest BCUT2D eigenvalue weighted by atomic mass is 9.77. The van der Waals surface area contributed by atoms with Gasteiger partial charge in [0.05, 0.1) is 5.56 Å². The first-order valence-electron chi connectivity index (χ1n) is 6.90. The first-order valence-corrected chi connectivity index (χ1v) is 7.69. The largest absolute Gasteiger partial charge is 0.507 e. The van der Waals surface area contributed by atoms with Crippen LogP contribution in [0.2, 0.25) is 0 Å². The molecule has 1 fully saturated rings. The summed E-state index contributed by atoms with van der Waals surface area (Å²) >= 11 is 3.31. The number of halogens is 1. The SMILES string of the molecule is CCC1(CO)CCN(C(=O)c2cc(Br)ccc2O)CC1. The number of aliphatic hydroxyl groups excluding tert-OH is 1. The van der Waals surface area contributed by atoms with E-state index in [1.807, 2.05) is 0 Å². The lowest BCUT2D eigenvalue weighted by Crippen LogP contribution is -2.44. The first-order chi connectivity index (χ1) is 9.51. The van der Waals surface area contributed by atoms with Crippen molar-refractivity contribution in [3.05, 3.63) is 28.2 Å². The molecule has 0 radical (unpaired) electrons. The molecule has 1 aliphatic rings. The summed E-state index contributed by atoms with van der Waals surface area (Å²) < 4.78 is 0.772. The minimum atomic E-state index is -0.147. The van der Waals surface area contributed by atoms with Crippen LogP contribution < -0.4 is 0 Å². The van der Waals surface area contributed by atoms with E-state index in [2.05, 4.69) is 22.9 Å². The number of hydrogen-bond acceptors (Lipinski definition) is 3. The van der Waals surface area contributed by atoms with Crippen LogP contribution in [0.1, 0.15) is 36.5 Å². The molecule has 0 aliphatic carbocycles. The van der Waals surface area contributed by atoms with Crippen LogP contribution in [0.25, 0.3) is 0 Å². The molecule has 1 aromatic rings. The molecule has 0 aromatic heterocycles. The highest BCUT2D eigenvalue weighted by Gasteiger charge is 2.34. The highest BCUT2D eigenvalue weighted by molar-refractivity contribution is 9.10. The van der Waals surface area contributed by atoms with Crippen LogP contribution in [0.4, 0.5) is 0 Å². The monoisotopic (exact) mass is 341 g/mol. The summed E-state index contributed by atoms with van der Waals surface area (Å²) in [5.41, 5.74) is 0.281. The van der Waals surface area contributed by atoms with Gasteiger partial charge in [-0.1, -0.05) is 22.9 Å². The summed E-state index contributed by atoms with van der Waals surface area (Å²) in [7, 11) is 0. The first kappa shape index (κ1) is 15.3. The third-order valence-electron chi connectivity index (χ3n) is 4.39. The molecule has 110 valence electrons. The number of aromatic hydroxyl groups is 1. The number of carbonyl (C=O) groups is 1. The van der Waals surface area contributed by atoms with E-state index in [4.69, 9.17) is 0 Å². The van der Waals surface area contributed by atoms with Crippen molar-refractivity contribution >= 4 is 21.8 Å². The number of piperidine rings is 1. The fourth-order valence-electron chi connectivity index (χ4n) is 2.66. The maximum Gasteiger partial charge on any atom is 0.257 e. The Kier molecular flexibility index (Phi) is 4.70. The van der Waals surface area contributed by atoms with Gasteiger partial charge in [-0.2, -0.15) is 0 Å². The molecule has 1 aliphatic heterocycles. The number of phenolic OH excluding ortho intramolecular Hbond substituents is 1. The summed E-state index contributed by atoms with van der Waals surface area (Å²) in [6.45, 7) is 3.50. The molecule has 4 nitrogen and oxygen atoms in total. The van der Waals surface area contributed by atoms with E-state index in [1.165, 1.54) is 6.07 Å². The van der Waals surface area contributed by atoms with E-state index in [9.17, 15) is 15.0 Å². The topological polar surface area (TPSA) is 60.8 Å². The minimum Gasteiger partial charge on any atom is -0.507 e. The Bertz CT molecular complexity index is 490. The highest BCUT2D eigenvalue weighted by Crippen LogP contribution is 2.35. The second kappa shape index (κ2) is 6.14. The molecule has 2 N–H and O–H groups in total. The minimum absolute atomic E-state index is 0.00712. The zero-order chi connectivity index (χ0) is 14.8. The lowest BCUT2D eigenvalue weighted by Gasteiger charge is -2.40. The Morgan fingerprint density at radius 2 is 2.05 bits per heavy atom. The number of amides is 1. The molecule has 1 heterocycles. The van der Waals surface area contributed by atoms with Crippen molar-refractivity contribution in [2.75, 3.05) is 19.7 Å². The van der Waals surface area contributed by atoms with Crippen molar-refractivity contribution in [1.29, 1.82) is 0 Å². The number of benzene rings is 1. The van der Waals surface area contributed by atoms with E-state index in [0.717, 1.165) is 23.7 Å². The Morgan fingerprint density at radius 1 is 1.40 bits per heavy atom. The van der Waals surface area contributed by atoms with Gasteiger partial charge in [0.1, 0.15) is 5.75 Å². The predicted octanol–water partition coefficient (Wildman–Crippen LogP) is 2.78. The summed E-state index contributed by atoms with van der Waals surface area (Å²) in [4.78, 5) is 14.2. The van der Waals surface area contributed by atoms with Crippen molar-refractivity contribution < 1.29 is 15.0 Å². The third-order valence-corrected chi connectivity index (χ3v) is 4.88. The van der Waals surface area contributed by atoms with Crippen molar-refractivity contribution in [3.63, 3.8) is 0 Å². The maximum atomic E-state index is 12.4. The molecule has 1 amide bonds. The second-order valence-corrected chi connectivity index (χ2v) is 6.38. The Hall–Kier alpha value is -1.07. The zero-order valence-corrected chi connectivity index (χ0v) is 13.2. The zero-order valence-electron chi connectivity index (χ0n) is 11.6. The number of carbonyl (C=O) groups excluding carboxylic acids is 1. The summed E-state index contributed by atoms with van der Waals surface area (Å²) in [6, 6.07) is 4.87. The normalized spacial score (nSPS) is 18.1. The quantitative estimate of drug-likeness (QED) is 0.888. The van der Waals surface area contributed by atoms with Gasteiger partial charge in [0, 0.05) is 24.2 Å². The van der Waals surface area contributed by atoms with Gasteiger partial charge in [0.15, 0.2) is 0 Å². The van der Waals surface area contributed by atoms with Crippen molar-refractivity contribution in [2.24, 2.45) is 5.41 Å². The molecule has 2 rings (SSSR count). The molecule has 1 aromatic carbocycles. The number of aliphatic hydroxyl groups is 1. The smallest absolute Gasteiger partial charge is 0.257 e. The molecule has 5 heteroatoms. The molecule has 0 saturated carbocycles. The van der Waals surface area contributed by atoms with Crippen molar-refractivity contribution in [2.45, 2.75) is 26.2 Å². The number of nitrogens with zero attached hydrogens (tertiary/aromatic N) is 1. The van der Waals surface area contributed by atoms with Crippen LogP contribution in [0.15, 0.2) is 22.7 Å². The van der Waals surface area contributed by atoms with Gasteiger partial charge in [0.25, 0.3) is 5.91 Å². The molecule has 0 atom stereocenters.